The molecule has 0 spiro atoms. The fourth-order valence-corrected chi connectivity index (χ4v) is 2.68. The summed E-state index contributed by atoms with van der Waals surface area (Å²) < 4.78 is 4.08. The summed E-state index contributed by atoms with van der Waals surface area (Å²) in [5.74, 6) is 0.937. The molecule has 96 valence electrons. The van der Waals surface area contributed by atoms with Crippen LogP contribution in [-0.4, -0.2) is 19.3 Å². The van der Waals surface area contributed by atoms with Crippen molar-refractivity contribution in [3.8, 4) is 0 Å². The fraction of sp³-hybridized carbons (Fsp3) is 0.538. The minimum atomic E-state index is 0.602. The molecule has 0 aliphatic heterocycles. The van der Waals surface area contributed by atoms with E-state index in [1.165, 1.54) is 25.7 Å². The number of imidazole rings is 1. The van der Waals surface area contributed by atoms with Crippen LogP contribution in [0.25, 0.3) is 0 Å². The second-order valence-corrected chi connectivity index (χ2v) is 5.08. The predicted molar refractivity (Wildman–Crippen MR) is 71.0 cm³/mol. The fourth-order valence-electron chi connectivity index (χ4n) is 2.68. The lowest BCUT2D eigenvalue weighted by atomic mass is 10.2. The van der Waals surface area contributed by atoms with Gasteiger partial charge < -0.3 is 9.88 Å². The molecule has 1 N–H and O–H groups in total. The van der Waals surface area contributed by atoms with Crippen molar-refractivity contribution in [1.29, 1.82) is 0 Å². The van der Waals surface area contributed by atoms with Crippen LogP contribution in [0.15, 0.2) is 18.6 Å². The number of aromatic nitrogens is 4. The first-order chi connectivity index (χ1) is 8.72. The zero-order chi connectivity index (χ0) is 12.5. The van der Waals surface area contributed by atoms with Crippen molar-refractivity contribution >= 4 is 11.6 Å². The number of aryl methyl sites for hydroxylation is 2. The van der Waals surface area contributed by atoms with Crippen molar-refractivity contribution in [2.75, 3.05) is 5.32 Å². The average molecular weight is 245 g/mol. The molecule has 2 aromatic rings. The number of rotatable bonds is 3. The summed E-state index contributed by atoms with van der Waals surface area (Å²) in [5, 5.41) is 7.52. The van der Waals surface area contributed by atoms with Gasteiger partial charge in [0.1, 0.15) is 0 Å². The Hall–Kier alpha value is -1.78. The van der Waals surface area contributed by atoms with Crippen LogP contribution in [0.3, 0.4) is 0 Å². The first-order valence-electron chi connectivity index (χ1n) is 6.53. The maximum atomic E-state index is 4.57. The van der Waals surface area contributed by atoms with Crippen molar-refractivity contribution in [1.82, 2.24) is 19.3 Å². The van der Waals surface area contributed by atoms with Crippen LogP contribution >= 0.6 is 0 Å². The van der Waals surface area contributed by atoms with Crippen molar-refractivity contribution < 1.29 is 0 Å². The Bertz CT molecular complexity index is 533. The van der Waals surface area contributed by atoms with E-state index < -0.39 is 0 Å². The first kappa shape index (κ1) is 11.3. The molecule has 0 atom stereocenters. The van der Waals surface area contributed by atoms with Gasteiger partial charge in [0, 0.05) is 25.5 Å². The molecule has 3 rings (SSSR count). The molecule has 2 aromatic heterocycles. The summed E-state index contributed by atoms with van der Waals surface area (Å²) >= 11 is 0. The van der Waals surface area contributed by atoms with Gasteiger partial charge in [0.2, 0.25) is 5.95 Å². The molecule has 1 aliphatic carbocycles. The van der Waals surface area contributed by atoms with E-state index in [0.29, 0.717) is 6.04 Å². The number of nitrogens with one attached hydrogen (secondary N) is 1. The molecule has 0 amide bonds. The molecule has 1 fully saturated rings. The van der Waals surface area contributed by atoms with Gasteiger partial charge in [-0.3, -0.25) is 4.68 Å². The van der Waals surface area contributed by atoms with Gasteiger partial charge in [-0.05, 0) is 19.8 Å². The SMILES string of the molecule is Cc1cn(C2CCCC2)c(Nc2cnn(C)c2)n1. The summed E-state index contributed by atoms with van der Waals surface area (Å²) in [7, 11) is 1.92. The Balaban J connectivity index is 1.86. The zero-order valence-corrected chi connectivity index (χ0v) is 10.9. The molecule has 0 bridgehead atoms. The third-order valence-corrected chi connectivity index (χ3v) is 3.53. The highest BCUT2D eigenvalue weighted by Gasteiger charge is 2.20. The van der Waals surface area contributed by atoms with Crippen LogP contribution in [0.1, 0.15) is 37.4 Å². The van der Waals surface area contributed by atoms with E-state index in [0.717, 1.165) is 17.3 Å². The van der Waals surface area contributed by atoms with Gasteiger partial charge >= 0.3 is 0 Å². The highest BCUT2D eigenvalue weighted by molar-refractivity contribution is 5.51. The quantitative estimate of drug-likeness (QED) is 0.904. The molecule has 0 saturated heterocycles. The maximum Gasteiger partial charge on any atom is 0.207 e. The molecule has 0 radical (unpaired) electrons. The molecular formula is C13H19N5. The summed E-state index contributed by atoms with van der Waals surface area (Å²) in [4.78, 5) is 4.57. The van der Waals surface area contributed by atoms with Gasteiger partial charge in [0.05, 0.1) is 17.6 Å². The molecule has 1 aliphatic rings. The van der Waals surface area contributed by atoms with Gasteiger partial charge in [-0.15, -0.1) is 0 Å². The van der Waals surface area contributed by atoms with E-state index in [-0.39, 0.29) is 0 Å². The lowest BCUT2D eigenvalue weighted by Gasteiger charge is -2.14. The van der Waals surface area contributed by atoms with Gasteiger partial charge in [0.15, 0.2) is 0 Å². The summed E-state index contributed by atoms with van der Waals surface area (Å²) in [6.45, 7) is 2.04. The Kier molecular flexibility index (Phi) is 2.81. The van der Waals surface area contributed by atoms with Crippen molar-refractivity contribution in [3.05, 3.63) is 24.3 Å². The largest absolute Gasteiger partial charge is 0.323 e. The van der Waals surface area contributed by atoms with Crippen molar-refractivity contribution in [3.63, 3.8) is 0 Å². The minimum Gasteiger partial charge on any atom is -0.323 e. The molecule has 0 unspecified atom stereocenters. The Labute approximate surface area is 107 Å². The summed E-state index contributed by atoms with van der Waals surface area (Å²) in [6.07, 6.45) is 11.1. The van der Waals surface area contributed by atoms with E-state index in [4.69, 9.17) is 0 Å². The molecule has 5 nitrogen and oxygen atoms in total. The summed E-state index contributed by atoms with van der Waals surface area (Å²) in [6, 6.07) is 0.602. The highest BCUT2D eigenvalue weighted by atomic mass is 15.3. The zero-order valence-electron chi connectivity index (χ0n) is 10.9. The predicted octanol–water partition coefficient (Wildman–Crippen LogP) is 2.78. The van der Waals surface area contributed by atoms with Crippen molar-refractivity contribution in [2.45, 2.75) is 38.6 Å². The van der Waals surface area contributed by atoms with E-state index in [2.05, 4.69) is 26.2 Å². The lowest BCUT2D eigenvalue weighted by Crippen LogP contribution is -2.07. The summed E-state index contributed by atoms with van der Waals surface area (Å²) in [5.41, 5.74) is 2.05. The van der Waals surface area contributed by atoms with Gasteiger partial charge in [-0.25, -0.2) is 4.98 Å². The minimum absolute atomic E-state index is 0.602. The Morgan fingerprint density at radius 2 is 2.06 bits per heavy atom. The van der Waals surface area contributed by atoms with Crippen molar-refractivity contribution in [2.24, 2.45) is 7.05 Å². The van der Waals surface area contributed by atoms with Gasteiger partial charge in [-0.2, -0.15) is 5.10 Å². The normalized spacial score (nSPS) is 16.3. The highest BCUT2D eigenvalue weighted by Crippen LogP contribution is 2.32. The Morgan fingerprint density at radius 1 is 1.28 bits per heavy atom. The number of hydrogen-bond donors (Lipinski definition) is 1. The molecule has 18 heavy (non-hydrogen) atoms. The second kappa shape index (κ2) is 4.48. The van der Waals surface area contributed by atoms with Crippen LogP contribution in [0.2, 0.25) is 0 Å². The topological polar surface area (TPSA) is 47.7 Å². The molecule has 1 saturated carbocycles. The Morgan fingerprint density at radius 3 is 2.72 bits per heavy atom. The van der Waals surface area contributed by atoms with Crippen LogP contribution in [0.4, 0.5) is 11.6 Å². The third kappa shape index (κ3) is 2.12. The van der Waals surface area contributed by atoms with Crippen LogP contribution in [0.5, 0.6) is 0 Å². The molecule has 5 heteroatoms. The second-order valence-electron chi connectivity index (χ2n) is 5.08. The van der Waals surface area contributed by atoms with Gasteiger partial charge in [-0.1, -0.05) is 12.8 Å². The monoisotopic (exact) mass is 245 g/mol. The maximum absolute atomic E-state index is 4.57. The van der Waals surface area contributed by atoms with E-state index in [1.54, 1.807) is 4.68 Å². The molecule has 2 heterocycles. The van der Waals surface area contributed by atoms with Crippen LogP contribution < -0.4 is 5.32 Å². The first-order valence-corrected chi connectivity index (χ1v) is 6.53. The number of nitrogens with zero attached hydrogens (tertiary/aromatic N) is 4. The van der Waals surface area contributed by atoms with E-state index in [9.17, 15) is 0 Å². The molecular weight excluding hydrogens is 226 g/mol. The van der Waals surface area contributed by atoms with Crippen LogP contribution in [-0.2, 0) is 7.05 Å². The van der Waals surface area contributed by atoms with Gasteiger partial charge in [0.25, 0.3) is 0 Å². The van der Waals surface area contributed by atoms with E-state index in [1.807, 2.05) is 26.4 Å². The van der Waals surface area contributed by atoms with Crippen LogP contribution in [0, 0.1) is 6.92 Å². The smallest absolute Gasteiger partial charge is 0.207 e. The molecule has 0 aromatic carbocycles. The average Bonchev–Trinajstić information content (AvgIpc) is 3.01. The standard InChI is InChI=1S/C13H19N5/c1-10-8-18(12-5-3-4-6-12)13(15-10)16-11-7-14-17(2)9-11/h7-9,12H,3-6H2,1-2H3,(H,15,16). The lowest BCUT2D eigenvalue weighted by molar-refractivity contribution is 0.524. The number of anilines is 2. The van der Waals surface area contributed by atoms with E-state index >= 15 is 0 Å². The third-order valence-electron chi connectivity index (χ3n) is 3.53. The number of hydrogen-bond acceptors (Lipinski definition) is 3.